The van der Waals surface area contributed by atoms with Gasteiger partial charge in [0, 0.05) is 37.0 Å². The van der Waals surface area contributed by atoms with Crippen molar-refractivity contribution in [2.24, 2.45) is 4.99 Å². The first-order chi connectivity index (χ1) is 13.0. The van der Waals surface area contributed by atoms with Crippen LogP contribution in [0, 0.1) is 0 Å². The van der Waals surface area contributed by atoms with Gasteiger partial charge in [-0.1, -0.05) is 6.07 Å². The van der Waals surface area contributed by atoms with Crippen molar-refractivity contribution in [2.75, 3.05) is 25.9 Å². The number of hydrogen-bond acceptors (Lipinski definition) is 5. The molecule has 148 valence electrons. The zero-order valence-corrected chi connectivity index (χ0v) is 17.1. The number of thiophene rings is 1. The van der Waals surface area contributed by atoms with Crippen LogP contribution in [0.15, 0.2) is 45.3 Å². The van der Waals surface area contributed by atoms with Gasteiger partial charge in [-0.3, -0.25) is 0 Å². The van der Waals surface area contributed by atoms with Gasteiger partial charge in [-0.2, -0.15) is 4.31 Å². The molecule has 1 aliphatic rings. The minimum atomic E-state index is -3.17. The number of nitrogens with one attached hydrogen (secondary N) is 2. The molecule has 27 heavy (non-hydrogen) atoms. The van der Waals surface area contributed by atoms with E-state index >= 15 is 0 Å². The SMILES string of the molecule is CS(=O)(=O)N1CCC[C@@H]1CNC(=NCc1cccs1)NCCc1ccco1. The highest BCUT2D eigenvalue weighted by Gasteiger charge is 2.31. The van der Waals surface area contributed by atoms with E-state index in [0.29, 0.717) is 32.1 Å². The summed E-state index contributed by atoms with van der Waals surface area (Å²) in [5.74, 6) is 1.61. The van der Waals surface area contributed by atoms with Crippen molar-refractivity contribution in [3.63, 3.8) is 0 Å². The van der Waals surface area contributed by atoms with Crippen LogP contribution in [0.5, 0.6) is 0 Å². The van der Waals surface area contributed by atoms with Gasteiger partial charge < -0.3 is 15.1 Å². The molecule has 0 aliphatic carbocycles. The van der Waals surface area contributed by atoms with E-state index in [2.05, 4.69) is 21.7 Å². The number of furan rings is 1. The highest BCUT2D eigenvalue weighted by Crippen LogP contribution is 2.19. The Labute approximate surface area is 164 Å². The number of nitrogens with zero attached hydrogens (tertiary/aromatic N) is 2. The number of guanidine groups is 1. The zero-order valence-electron chi connectivity index (χ0n) is 15.4. The van der Waals surface area contributed by atoms with E-state index in [4.69, 9.17) is 4.42 Å². The Hall–Kier alpha value is -1.84. The van der Waals surface area contributed by atoms with E-state index in [1.54, 1.807) is 21.9 Å². The smallest absolute Gasteiger partial charge is 0.211 e. The van der Waals surface area contributed by atoms with Crippen molar-refractivity contribution in [3.8, 4) is 0 Å². The van der Waals surface area contributed by atoms with Crippen LogP contribution >= 0.6 is 11.3 Å². The molecule has 0 amide bonds. The number of hydrogen-bond donors (Lipinski definition) is 2. The fraction of sp³-hybridized carbons (Fsp3) is 0.500. The molecule has 0 radical (unpaired) electrons. The van der Waals surface area contributed by atoms with Crippen molar-refractivity contribution in [1.82, 2.24) is 14.9 Å². The molecule has 2 aromatic heterocycles. The topological polar surface area (TPSA) is 86.9 Å². The van der Waals surface area contributed by atoms with Crippen LogP contribution in [0.2, 0.25) is 0 Å². The van der Waals surface area contributed by atoms with Gasteiger partial charge in [0.05, 0.1) is 19.1 Å². The van der Waals surface area contributed by atoms with Gasteiger partial charge in [-0.05, 0) is 36.4 Å². The molecule has 7 nitrogen and oxygen atoms in total. The monoisotopic (exact) mass is 410 g/mol. The molecule has 0 saturated carbocycles. The van der Waals surface area contributed by atoms with E-state index < -0.39 is 10.0 Å². The summed E-state index contributed by atoms with van der Waals surface area (Å²) in [6, 6.07) is 7.85. The molecule has 2 aromatic rings. The summed E-state index contributed by atoms with van der Waals surface area (Å²) in [6.07, 6.45) is 5.46. The maximum absolute atomic E-state index is 11.9. The van der Waals surface area contributed by atoms with Crippen molar-refractivity contribution < 1.29 is 12.8 Å². The molecule has 3 heterocycles. The van der Waals surface area contributed by atoms with Gasteiger partial charge >= 0.3 is 0 Å². The van der Waals surface area contributed by atoms with Gasteiger partial charge in [0.2, 0.25) is 10.0 Å². The average molecular weight is 411 g/mol. The van der Waals surface area contributed by atoms with Crippen molar-refractivity contribution in [3.05, 3.63) is 46.5 Å². The summed E-state index contributed by atoms with van der Waals surface area (Å²) in [6.45, 7) is 2.42. The van der Waals surface area contributed by atoms with Crippen LogP contribution in [0.4, 0.5) is 0 Å². The second-order valence-corrected chi connectivity index (χ2v) is 9.52. The Bertz CT molecular complexity index is 817. The van der Waals surface area contributed by atoms with E-state index in [1.807, 2.05) is 23.6 Å². The standard InChI is InChI=1S/C18H26N4O3S2/c1-27(23,24)22-10-2-5-15(22)13-20-18(21-14-17-7-4-12-26-17)19-9-8-16-6-3-11-25-16/h3-4,6-7,11-12,15H,2,5,8-10,13-14H2,1H3,(H2,19,20,21)/t15-/m1/s1. The number of sulfonamides is 1. The van der Waals surface area contributed by atoms with Crippen LogP contribution in [0.1, 0.15) is 23.5 Å². The number of aliphatic imine (C=N–C) groups is 1. The average Bonchev–Trinajstić information content (AvgIpc) is 3.38. The quantitative estimate of drug-likeness (QED) is 0.514. The van der Waals surface area contributed by atoms with Crippen molar-refractivity contribution >= 4 is 27.3 Å². The van der Waals surface area contributed by atoms with Gasteiger partial charge in [0.15, 0.2) is 5.96 Å². The van der Waals surface area contributed by atoms with E-state index in [1.165, 1.54) is 11.1 Å². The van der Waals surface area contributed by atoms with Crippen LogP contribution in [-0.4, -0.2) is 50.6 Å². The fourth-order valence-corrected chi connectivity index (χ4v) is 4.97. The summed E-state index contributed by atoms with van der Waals surface area (Å²) < 4.78 is 30.8. The minimum Gasteiger partial charge on any atom is -0.469 e. The third-order valence-electron chi connectivity index (χ3n) is 4.47. The Morgan fingerprint density at radius 1 is 1.37 bits per heavy atom. The lowest BCUT2D eigenvalue weighted by Crippen LogP contribution is -2.46. The summed E-state index contributed by atoms with van der Waals surface area (Å²) in [4.78, 5) is 5.82. The zero-order chi connectivity index (χ0) is 19.1. The Morgan fingerprint density at radius 3 is 2.96 bits per heavy atom. The molecule has 2 N–H and O–H groups in total. The minimum absolute atomic E-state index is 0.0289. The molecule has 1 saturated heterocycles. The second-order valence-electron chi connectivity index (χ2n) is 6.55. The maximum atomic E-state index is 11.9. The lowest BCUT2D eigenvalue weighted by molar-refractivity contribution is 0.387. The molecule has 1 atom stereocenters. The van der Waals surface area contributed by atoms with Gasteiger partial charge in [0.1, 0.15) is 5.76 Å². The normalized spacial score (nSPS) is 18.7. The Morgan fingerprint density at radius 2 is 2.26 bits per heavy atom. The van der Waals surface area contributed by atoms with Crippen LogP contribution in [0.3, 0.4) is 0 Å². The van der Waals surface area contributed by atoms with Crippen LogP contribution < -0.4 is 10.6 Å². The molecule has 0 unspecified atom stereocenters. The third kappa shape index (κ3) is 6.08. The van der Waals surface area contributed by atoms with Gasteiger partial charge in [0.25, 0.3) is 0 Å². The molecule has 9 heteroatoms. The molecule has 0 bridgehead atoms. The van der Waals surface area contributed by atoms with Crippen molar-refractivity contribution in [2.45, 2.75) is 31.8 Å². The summed E-state index contributed by atoms with van der Waals surface area (Å²) >= 11 is 1.67. The Kier molecular flexibility index (Phi) is 6.92. The molecular formula is C18H26N4O3S2. The first-order valence-electron chi connectivity index (χ1n) is 9.06. The molecule has 1 fully saturated rings. The van der Waals surface area contributed by atoms with Crippen LogP contribution in [0.25, 0.3) is 0 Å². The van der Waals surface area contributed by atoms with E-state index in [9.17, 15) is 8.42 Å². The lowest BCUT2D eigenvalue weighted by Gasteiger charge is -2.23. The number of rotatable bonds is 8. The highest BCUT2D eigenvalue weighted by molar-refractivity contribution is 7.88. The highest BCUT2D eigenvalue weighted by atomic mass is 32.2. The second kappa shape index (κ2) is 9.38. The maximum Gasteiger partial charge on any atom is 0.211 e. The first kappa shape index (κ1) is 19.9. The van der Waals surface area contributed by atoms with E-state index in [-0.39, 0.29) is 6.04 Å². The summed E-state index contributed by atoms with van der Waals surface area (Å²) in [5.41, 5.74) is 0. The molecule has 3 rings (SSSR count). The largest absolute Gasteiger partial charge is 0.469 e. The molecule has 0 aromatic carbocycles. The summed E-state index contributed by atoms with van der Waals surface area (Å²) in [7, 11) is -3.17. The first-order valence-corrected chi connectivity index (χ1v) is 11.8. The third-order valence-corrected chi connectivity index (χ3v) is 6.67. The van der Waals surface area contributed by atoms with Gasteiger partial charge in [-0.15, -0.1) is 11.3 Å². The van der Waals surface area contributed by atoms with Gasteiger partial charge in [-0.25, -0.2) is 13.4 Å². The van der Waals surface area contributed by atoms with Crippen LogP contribution in [-0.2, 0) is 23.0 Å². The van der Waals surface area contributed by atoms with Crippen molar-refractivity contribution in [1.29, 1.82) is 0 Å². The predicted molar refractivity (Wildman–Crippen MR) is 108 cm³/mol. The predicted octanol–water partition coefficient (Wildman–Crippen LogP) is 2.04. The summed E-state index contributed by atoms with van der Waals surface area (Å²) in [5, 5.41) is 8.66. The lowest BCUT2D eigenvalue weighted by atomic mass is 10.2. The molecule has 0 spiro atoms. The molecular weight excluding hydrogens is 384 g/mol. The fourth-order valence-electron chi connectivity index (χ4n) is 3.16. The van der Waals surface area contributed by atoms with E-state index in [0.717, 1.165) is 25.0 Å². The Balaban J connectivity index is 1.57. The molecule has 1 aliphatic heterocycles.